The van der Waals surface area contributed by atoms with Crippen LogP contribution in [-0.4, -0.2) is 10.5 Å². The third-order valence-electron chi connectivity index (χ3n) is 3.15. The van der Waals surface area contributed by atoms with Crippen molar-refractivity contribution in [3.05, 3.63) is 53.2 Å². The second-order valence-corrected chi connectivity index (χ2v) is 6.98. The Hall–Kier alpha value is -1.73. The van der Waals surface area contributed by atoms with Crippen molar-refractivity contribution in [2.24, 2.45) is 0 Å². The minimum Gasteiger partial charge on any atom is -0.348 e. The lowest BCUT2D eigenvalue weighted by Gasteiger charge is -2.02. The highest BCUT2D eigenvalue weighted by atomic mass is 32.2. The normalized spacial score (nSPS) is 11.9. The van der Waals surface area contributed by atoms with Gasteiger partial charge in [0.05, 0.1) is 15.6 Å². The maximum Gasteiger partial charge on any atom is 0.447 e. The SMILES string of the molecule is Cc1csc(-c2[nH]c(SC(F)(F)F)cc2-c2ccc(F)cc2)c1. The summed E-state index contributed by atoms with van der Waals surface area (Å²) in [5.74, 6) is -0.386. The zero-order chi connectivity index (χ0) is 16.6. The number of hydrogen-bond donors (Lipinski definition) is 1. The maximum atomic E-state index is 13.1. The Labute approximate surface area is 138 Å². The van der Waals surface area contributed by atoms with Crippen molar-refractivity contribution in [1.82, 2.24) is 4.98 Å². The van der Waals surface area contributed by atoms with E-state index in [9.17, 15) is 17.6 Å². The highest BCUT2D eigenvalue weighted by Crippen LogP contribution is 2.42. The lowest BCUT2D eigenvalue weighted by molar-refractivity contribution is -0.0329. The molecule has 23 heavy (non-hydrogen) atoms. The van der Waals surface area contributed by atoms with Gasteiger partial charge in [0.1, 0.15) is 5.82 Å². The van der Waals surface area contributed by atoms with Gasteiger partial charge in [0.25, 0.3) is 0 Å². The summed E-state index contributed by atoms with van der Waals surface area (Å²) >= 11 is 1.26. The van der Waals surface area contributed by atoms with Gasteiger partial charge in [-0.15, -0.1) is 11.3 Å². The number of rotatable bonds is 3. The molecular weight excluding hydrogens is 346 g/mol. The van der Waals surface area contributed by atoms with Crippen LogP contribution >= 0.6 is 23.1 Å². The van der Waals surface area contributed by atoms with Crippen LogP contribution in [0.3, 0.4) is 0 Å². The van der Waals surface area contributed by atoms with Crippen LogP contribution in [0.25, 0.3) is 21.7 Å². The third-order valence-corrected chi connectivity index (χ3v) is 4.89. The molecule has 0 bridgehead atoms. The Bertz CT molecular complexity index is 815. The van der Waals surface area contributed by atoms with E-state index in [0.717, 1.165) is 10.4 Å². The van der Waals surface area contributed by atoms with Gasteiger partial charge >= 0.3 is 5.51 Å². The van der Waals surface area contributed by atoms with Gasteiger partial charge in [-0.2, -0.15) is 13.2 Å². The largest absolute Gasteiger partial charge is 0.447 e. The first-order valence-electron chi connectivity index (χ1n) is 6.62. The molecule has 0 aliphatic carbocycles. The molecule has 1 aromatic carbocycles. The highest BCUT2D eigenvalue weighted by Gasteiger charge is 2.31. The smallest absolute Gasteiger partial charge is 0.348 e. The lowest BCUT2D eigenvalue weighted by atomic mass is 10.1. The van der Waals surface area contributed by atoms with Gasteiger partial charge in [-0.05, 0) is 47.7 Å². The summed E-state index contributed by atoms with van der Waals surface area (Å²) in [4.78, 5) is 3.68. The molecule has 0 aliphatic heterocycles. The number of thiophene rings is 1. The van der Waals surface area contributed by atoms with Crippen molar-refractivity contribution in [3.63, 3.8) is 0 Å². The van der Waals surface area contributed by atoms with E-state index in [0.29, 0.717) is 16.8 Å². The van der Waals surface area contributed by atoms with E-state index < -0.39 is 5.51 Å². The molecule has 2 heterocycles. The summed E-state index contributed by atoms with van der Waals surface area (Å²) in [6, 6.07) is 9.07. The standard InChI is InChI=1S/C16H11F4NS2/c1-9-6-13(22-8-9)15-12(10-2-4-11(17)5-3-10)7-14(21-15)23-16(18,19)20/h2-8,21H,1H3. The number of benzene rings is 1. The van der Waals surface area contributed by atoms with Gasteiger partial charge in [0.15, 0.2) is 0 Å². The second kappa shape index (κ2) is 6.05. The predicted octanol–water partition coefficient (Wildman–Crippen LogP) is 6.47. The van der Waals surface area contributed by atoms with E-state index in [1.54, 1.807) is 12.1 Å². The van der Waals surface area contributed by atoms with Crippen LogP contribution in [0.15, 0.2) is 46.8 Å². The molecule has 0 saturated heterocycles. The first kappa shape index (κ1) is 16.1. The molecule has 3 aromatic rings. The van der Waals surface area contributed by atoms with Gasteiger partial charge in [0, 0.05) is 17.3 Å². The van der Waals surface area contributed by atoms with Crippen LogP contribution in [0.4, 0.5) is 17.6 Å². The van der Waals surface area contributed by atoms with Crippen molar-refractivity contribution in [1.29, 1.82) is 0 Å². The molecule has 1 N–H and O–H groups in total. The summed E-state index contributed by atoms with van der Waals surface area (Å²) in [5.41, 5.74) is -1.43. The van der Waals surface area contributed by atoms with Crippen molar-refractivity contribution >= 4 is 23.1 Å². The first-order valence-corrected chi connectivity index (χ1v) is 8.31. The molecule has 3 rings (SSSR count). The molecule has 0 radical (unpaired) electrons. The van der Waals surface area contributed by atoms with Crippen molar-refractivity contribution in [3.8, 4) is 21.7 Å². The quantitative estimate of drug-likeness (QED) is 0.419. The summed E-state index contributed by atoms with van der Waals surface area (Å²) in [6.45, 7) is 1.92. The van der Waals surface area contributed by atoms with E-state index in [1.165, 1.54) is 29.5 Å². The predicted molar refractivity (Wildman–Crippen MR) is 86.1 cm³/mol. The molecule has 120 valence electrons. The zero-order valence-electron chi connectivity index (χ0n) is 11.9. The fourth-order valence-electron chi connectivity index (χ4n) is 2.22. The third kappa shape index (κ3) is 3.79. The summed E-state index contributed by atoms with van der Waals surface area (Å²) in [7, 11) is 0. The number of aromatic amines is 1. The Balaban J connectivity index is 2.10. The van der Waals surface area contributed by atoms with Crippen LogP contribution in [0, 0.1) is 12.7 Å². The Morgan fingerprint density at radius 1 is 1.09 bits per heavy atom. The molecule has 0 saturated carbocycles. The molecule has 0 aliphatic rings. The minimum atomic E-state index is -4.37. The van der Waals surface area contributed by atoms with E-state index in [1.807, 2.05) is 18.4 Å². The summed E-state index contributed by atoms with van der Waals surface area (Å²) in [6.07, 6.45) is 0. The number of halogens is 4. The fraction of sp³-hybridized carbons (Fsp3) is 0.125. The van der Waals surface area contributed by atoms with Crippen molar-refractivity contribution in [2.75, 3.05) is 0 Å². The average Bonchev–Trinajstić information content (AvgIpc) is 3.04. The number of thioether (sulfide) groups is 1. The van der Waals surface area contributed by atoms with Crippen LogP contribution in [0.5, 0.6) is 0 Å². The van der Waals surface area contributed by atoms with Gasteiger partial charge in [-0.3, -0.25) is 0 Å². The number of nitrogens with one attached hydrogen (secondary N) is 1. The van der Waals surface area contributed by atoms with Gasteiger partial charge in [0.2, 0.25) is 0 Å². The number of aromatic nitrogens is 1. The van der Waals surface area contributed by atoms with Crippen LogP contribution in [0.2, 0.25) is 0 Å². The highest BCUT2D eigenvalue weighted by molar-refractivity contribution is 8.00. The van der Waals surface area contributed by atoms with E-state index in [-0.39, 0.29) is 22.6 Å². The number of alkyl halides is 3. The maximum absolute atomic E-state index is 13.1. The summed E-state index contributed by atoms with van der Waals surface area (Å²) < 4.78 is 51.0. The van der Waals surface area contributed by atoms with Gasteiger partial charge in [-0.1, -0.05) is 12.1 Å². The van der Waals surface area contributed by atoms with E-state index in [4.69, 9.17) is 0 Å². The fourth-order valence-corrected chi connectivity index (χ4v) is 3.72. The van der Waals surface area contributed by atoms with E-state index in [2.05, 4.69) is 4.98 Å². The molecule has 2 aromatic heterocycles. The topological polar surface area (TPSA) is 15.8 Å². The number of hydrogen-bond acceptors (Lipinski definition) is 2. The molecule has 0 unspecified atom stereocenters. The molecule has 0 amide bonds. The Morgan fingerprint density at radius 3 is 2.35 bits per heavy atom. The monoisotopic (exact) mass is 357 g/mol. The minimum absolute atomic E-state index is 0.0119. The van der Waals surface area contributed by atoms with E-state index >= 15 is 0 Å². The van der Waals surface area contributed by atoms with Crippen molar-refractivity contribution in [2.45, 2.75) is 17.5 Å². The Morgan fingerprint density at radius 2 is 1.78 bits per heavy atom. The van der Waals surface area contributed by atoms with Crippen LogP contribution in [0.1, 0.15) is 5.56 Å². The van der Waals surface area contributed by atoms with Crippen LogP contribution in [-0.2, 0) is 0 Å². The molecule has 1 nitrogen and oxygen atoms in total. The number of aryl methyl sites for hydroxylation is 1. The summed E-state index contributed by atoms with van der Waals surface area (Å²) in [5, 5.41) is 1.94. The second-order valence-electron chi connectivity index (χ2n) is 4.97. The van der Waals surface area contributed by atoms with Crippen molar-refractivity contribution < 1.29 is 17.6 Å². The lowest BCUT2D eigenvalue weighted by Crippen LogP contribution is -1.98. The first-order chi connectivity index (χ1) is 10.8. The Kier molecular flexibility index (Phi) is 4.25. The molecule has 0 spiro atoms. The average molecular weight is 357 g/mol. The molecule has 0 atom stereocenters. The number of H-pyrrole nitrogens is 1. The zero-order valence-corrected chi connectivity index (χ0v) is 13.5. The molecular formula is C16H11F4NS2. The van der Waals surface area contributed by atoms with Gasteiger partial charge < -0.3 is 4.98 Å². The van der Waals surface area contributed by atoms with Gasteiger partial charge in [-0.25, -0.2) is 4.39 Å². The molecule has 0 fully saturated rings. The van der Waals surface area contributed by atoms with Crippen LogP contribution < -0.4 is 0 Å². The molecule has 7 heteroatoms.